The van der Waals surface area contributed by atoms with E-state index >= 15 is 0 Å². The molecule has 1 aromatic heterocycles. The van der Waals surface area contributed by atoms with Gasteiger partial charge in [-0.2, -0.15) is 13.2 Å². The highest BCUT2D eigenvalue weighted by Gasteiger charge is 2.43. The third-order valence-electron chi connectivity index (χ3n) is 5.36. The van der Waals surface area contributed by atoms with Crippen LogP contribution in [-0.4, -0.2) is 36.5 Å². The van der Waals surface area contributed by atoms with Gasteiger partial charge >= 0.3 is 6.18 Å². The van der Waals surface area contributed by atoms with Crippen molar-refractivity contribution < 1.29 is 27.5 Å². The second-order valence-electron chi connectivity index (χ2n) is 7.27. The van der Waals surface area contributed by atoms with Gasteiger partial charge in [-0.05, 0) is 42.3 Å². The molecule has 162 valence electrons. The van der Waals surface area contributed by atoms with Gasteiger partial charge < -0.3 is 15.0 Å². The number of aromatic nitrogens is 1. The molecule has 1 atom stereocenters. The van der Waals surface area contributed by atoms with E-state index in [9.17, 15) is 22.8 Å². The molecule has 1 fully saturated rings. The number of nitrogens with zero attached hydrogens (tertiary/aromatic N) is 1. The van der Waals surface area contributed by atoms with Crippen LogP contribution in [0.1, 0.15) is 17.5 Å². The van der Waals surface area contributed by atoms with E-state index in [0.29, 0.717) is 17.9 Å². The molecule has 3 aromatic rings. The Morgan fingerprint density at radius 3 is 2.71 bits per heavy atom. The van der Waals surface area contributed by atoms with Gasteiger partial charge in [0, 0.05) is 23.6 Å². The zero-order valence-electron chi connectivity index (χ0n) is 16.6. The second kappa shape index (κ2) is 8.07. The Balaban J connectivity index is 1.46. The van der Waals surface area contributed by atoms with Crippen LogP contribution in [-0.2, 0) is 22.2 Å². The maximum Gasteiger partial charge on any atom is 0.418 e. The number of carbonyl (C=O) groups excluding carboxylic acids is 2. The fourth-order valence-corrected chi connectivity index (χ4v) is 3.83. The Morgan fingerprint density at radius 2 is 1.97 bits per heavy atom. The van der Waals surface area contributed by atoms with E-state index in [1.807, 2.05) is 24.4 Å². The summed E-state index contributed by atoms with van der Waals surface area (Å²) in [5.41, 5.74) is 0.499. The number of anilines is 1. The number of hydrogen-bond donors (Lipinski definition) is 2. The number of hydrogen-bond acceptors (Lipinski definition) is 4. The molecule has 9 heteroatoms. The highest BCUT2D eigenvalue weighted by atomic mass is 19.4. The highest BCUT2D eigenvalue weighted by Crippen LogP contribution is 2.38. The summed E-state index contributed by atoms with van der Waals surface area (Å²) in [5.74, 6) is -0.616. The summed E-state index contributed by atoms with van der Waals surface area (Å²) in [4.78, 5) is 28.9. The van der Waals surface area contributed by atoms with Gasteiger partial charge in [0.25, 0.3) is 5.91 Å². The summed E-state index contributed by atoms with van der Waals surface area (Å²) < 4.78 is 45.2. The summed E-state index contributed by atoms with van der Waals surface area (Å²) in [5, 5.41) is 4.00. The molecule has 1 aliphatic heterocycles. The Kier molecular flexibility index (Phi) is 5.45. The Hall–Kier alpha value is -3.33. The van der Waals surface area contributed by atoms with Crippen LogP contribution in [0.15, 0.2) is 48.7 Å². The number of fused-ring (bicyclic) bond motifs is 1. The first kappa shape index (κ1) is 20.9. The van der Waals surface area contributed by atoms with E-state index in [2.05, 4.69) is 10.3 Å². The average Bonchev–Trinajstić information content (AvgIpc) is 3.27. The number of rotatable bonds is 6. The molecule has 0 unspecified atom stereocenters. The minimum absolute atomic E-state index is 0.188. The van der Waals surface area contributed by atoms with Crippen molar-refractivity contribution >= 4 is 28.4 Å². The molecule has 0 saturated carbocycles. The van der Waals surface area contributed by atoms with Crippen molar-refractivity contribution in [1.82, 2.24) is 10.3 Å². The summed E-state index contributed by atoms with van der Waals surface area (Å²) >= 11 is 0. The summed E-state index contributed by atoms with van der Waals surface area (Å²) in [7, 11) is 1.58. The molecular formula is C22H20F3N3O3. The fourth-order valence-electron chi connectivity index (χ4n) is 3.83. The molecule has 0 aliphatic carbocycles. The largest absolute Gasteiger partial charge is 0.497 e. The van der Waals surface area contributed by atoms with Crippen molar-refractivity contribution in [2.24, 2.45) is 0 Å². The molecule has 1 saturated heterocycles. The first-order valence-electron chi connectivity index (χ1n) is 9.70. The molecular weight excluding hydrogens is 411 g/mol. The van der Waals surface area contributed by atoms with Gasteiger partial charge in [-0.3, -0.25) is 9.59 Å². The molecule has 0 radical (unpaired) electrons. The second-order valence-corrected chi connectivity index (χ2v) is 7.27. The number of alkyl halides is 3. The van der Waals surface area contributed by atoms with Gasteiger partial charge in [-0.1, -0.05) is 12.1 Å². The van der Waals surface area contributed by atoms with E-state index in [4.69, 9.17) is 4.74 Å². The van der Waals surface area contributed by atoms with E-state index in [-0.39, 0.29) is 6.42 Å². The summed E-state index contributed by atoms with van der Waals surface area (Å²) in [6.07, 6.45) is -2.44. The number of imide groups is 1. The normalized spacial score (nSPS) is 17.0. The number of H-pyrrole nitrogens is 1. The van der Waals surface area contributed by atoms with Gasteiger partial charge in [0.1, 0.15) is 5.75 Å². The number of aromatic amines is 1. The quantitative estimate of drug-likeness (QED) is 0.585. The molecule has 0 bridgehead atoms. The average molecular weight is 431 g/mol. The lowest BCUT2D eigenvalue weighted by atomic mass is 10.1. The monoisotopic (exact) mass is 431 g/mol. The van der Waals surface area contributed by atoms with Gasteiger partial charge in [-0.15, -0.1) is 0 Å². The molecule has 2 amide bonds. The first-order chi connectivity index (χ1) is 14.8. The van der Waals surface area contributed by atoms with Crippen molar-refractivity contribution in [1.29, 1.82) is 0 Å². The maximum absolute atomic E-state index is 13.3. The predicted octanol–water partition coefficient (Wildman–Crippen LogP) is 3.66. The van der Waals surface area contributed by atoms with Crippen LogP contribution < -0.4 is 15.0 Å². The van der Waals surface area contributed by atoms with E-state index in [1.54, 1.807) is 7.11 Å². The zero-order chi connectivity index (χ0) is 22.2. The highest BCUT2D eigenvalue weighted by molar-refractivity contribution is 6.22. The standard InChI is InChI=1S/C22H20F3N3O3/c1-31-14-6-7-17-15(10-14)13(12-27-17)8-9-26-18-11-20(29)28(21(18)30)19-5-3-2-4-16(19)22(23,24)25/h2-7,10,12,18,26-27H,8-9,11H2,1H3/t18-/m0/s1. The molecule has 2 N–H and O–H groups in total. The van der Waals surface area contributed by atoms with Crippen LogP contribution in [0, 0.1) is 0 Å². The number of nitrogens with one attached hydrogen (secondary N) is 2. The third-order valence-corrected chi connectivity index (χ3v) is 5.36. The summed E-state index contributed by atoms with van der Waals surface area (Å²) in [6, 6.07) is 9.38. The van der Waals surface area contributed by atoms with Crippen molar-refractivity contribution in [2.75, 3.05) is 18.6 Å². The Morgan fingerprint density at radius 1 is 1.19 bits per heavy atom. The SMILES string of the molecule is COc1ccc2[nH]cc(CCN[C@H]3CC(=O)N(c4ccccc4C(F)(F)F)C3=O)c2c1. The topological polar surface area (TPSA) is 74.4 Å². The lowest BCUT2D eigenvalue weighted by Crippen LogP contribution is -2.40. The van der Waals surface area contributed by atoms with Crippen LogP contribution in [0.25, 0.3) is 10.9 Å². The van der Waals surface area contributed by atoms with Crippen LogP contribution in [0.4, 0.5) is 18.9 Å². The maximum atomic E-state index is 13.3. The van der Waals surface area contributed by atoms with Crippen LogP contribution >= 0.6 is 0 Å². The van der Waals surface area contributed by atoms with E-state index in [1.165, 1.54) is 12.1 Å². The lowest BCUT2D eigenvalue weighted by Gasteiger charge is -2.20. The lowest BCUT2D eigenvalue weighted by molar-refractivity contribution is -0.137. The van der Waals surface area contributed by atoms with Gasteiger partial charge in [0.2, 0.25) is 5.91 Å². The smallest absolute Gasteiger partial charge is 0.418 e. The Bertz CT molecular complexity index is 1140. The van der Waals surface area contributed by atoms with Crippen LogP contribution in [0.2, 0.25) is 0 Å². The van der Waals surface area contributed by atoms with Crippen molar-refractivity contribution in [3.63, 3.8) is 0 Å². The molecule has 2 heterocycles. The van der Waals surface area contributed by atoms with E-state index in [0.717, 1.165) is 34.3 Å². The number of methoxy groups -OCH3 is 1. The third kappa shape index (κ3) is 4.00. The molecule has 31 heavy (non-hydrogen) atoms. The first-order valence-corrected chi connectivity index (χ1v) is 9.70. The molecule has 6 nitrogen and oxygen atoms in total. The van der Waals surface area contributed by atoms with E-state index < -0.39 is 35.3 Å². The predicted molar refractivity (Wildman–Crippen MR) is 109 cm³/mol. The number of para-hydroxylation sites is 1. The minimum atomic E-state index is -4.67. The number of halogens is 3. The molecule has 4 rings (SSSR count). The van der Waals surface area contributed by atoms with Crippen molar-refractivity contribution in [3.8, 4) is 5.75 Å². The fraction of sp³-hybridized carbons (Fsp3) is 0.273. The number of ether oxygens (including phenoxy) is 1. The number of amides is 2. The van der Waals surface area contributed by atoms with Gasteiger partial charge in [0.15, 0.2) is 0 Å². The van der Waals surface area contributed by atoms with Gasteiger partial charge in [0.05, 0.1) is 30.8 Å². The molecule has 0 spiro atoms. The summed E-state index contributed by atoms with van der Waals surface area (Å²) in [6.45, 7) is 0.378. The molecule has 2 aromatic carbocycles. The zero-order valence-corrected chi connectivity index (χ0v) is 16.6. The van der Waals surface area contributed by atoms with Crippen molar-refractivity contribution in [3.05, 3.63) is 59.8 Å². The van der Waals surface area contributed by atoms with Crippen LogP contribution in [0.3, 0.4) is 0 Å². The molecule has 1 aliphatic rings. The van der Waals surface area contributed by atoms with Gasteiger partial charge in [-0.25, -0.2) is 4.90 Å². The van der Waals surface area contributed by atoms with Crippen molar-refractivity contribution in [2.45, 2.75) is 25.1 Å². The Labute approximate surface area is 176 Å². The van der Waals surface area contributed by atoms with Crippen LogP contribution in [0.5, 0.6) is 5.75 Å². The number of benzene rings is 2. The number of carbonyl (C=O) groups is 2. The minimum Gasteiger partial charge on any atom is -0.497 e.